The molecule has 0 aromatic heterocycles. The van der Waals surface area contributed by atoms with E-state index in [4.69, 9.17) is 14.2 Å². The van der Waals surface area contributed by atoms with Crippen molar-refractivity contribution in [1.82, 2.24) is 4.90 Å². The van der Waals surface area contributed by atoms with Crippen LogP contribution in [0, 0.1) is 0 Å². The lowest BCUT2D eigenvalue weighted by atomic mass is 9.98. The molecule has 0 spiro atoms. The number of nitrogens with zero attached hydrogens (tertiary/aromatic N) is 1. The molecule has 2 fully saturated rings. The number of likely N-dealkylation sites (tertiary alicyclic amines) is 1. The van der Waals surface area contributed by atoms with E-state index >= 15 is 0 Å². The summed E-state index contributed by atoms with van der Waals surface area (Å²) in [7, 11) is 0. The predicted molar refractivity (Wildman–Crippen MR) is 107 cm³/mol. The first-order chi connectivity index (χ1) is 14.6. The number of carbonyl (C=O) groups excluding carboxylic acids is 1. The van der Waals surface area contributed by atoms with Crippen LogP contribution in [-0.4, -0.2) is 60.3 Å². The monoisotopic (exact) mass is 409 g/mol. The highest BCUT2D eigenvalue weighted by atomic mass is 16.7. The molecule has 30 heavy (non-hydrogen) atoms. The van der Waals surface area contributed by atoms with Crippen LogP contribution in [0.4, 0.5) is 4.79 Å². The second-order valence-electron chi connectivity index (χ2n) is 7.89. The van der Waals surface area contributed by atoms with E-state index in [-0.39, 0.29) is 37.9 Å². The van der Waals surface area contributed by atoms with Crippen LogP contribution in [0.2, 0.25) is 0 Å². The summed E-state index contributed by atoms with van der Waals surface area (Å²) in [4.78, 5) is 25.8. The van der Waals surface area contributed by atoms with Gasteiger partial charge in [0.15, 0.2) is 6.29 Å². The Kier molecular flexibility index (Phi) is 4.92. The molecule has 1 amide bonds. The quantitative estimate of drug-likeness (QED) is 0.816. The number of hydrogen-bond acceptors (Lipinski definition) is 5. The standard InChI is InChI=1S/C23H23NO6/c25-22(26)20-11-14(30-21-9-10-28-21)12-24(20)23(27)29-13-19-17-7-3-1-5-15(17)16-6-2-4-8-18(16)19/h1-8,14,19-21H,9-13H2,(H,25,26)/t14-,20+,21?/m1/s1. The average molecular weight is 409 g/mol. The normalized spacial score (nSPS) is 24.8. The van der Waals surface area contributed by atoms with Gasteiger partial charge >= 0.3 is 12.1 Å². The van der Waals surface area contributed by atoms with Gasteiger partial charge in [0, 0.05) is 18.8 Å². The highest BCUT2D eigenvalue weighted by Crippen LogP contribution is 2.44. The second kappa shape index (κ2) is 7.74. The summed E-state index contributed by atoms with van der Waals surface area (Å²) in [5.41, 5.74) is 4.53. The van der Waals surface area contributed by atoms with Gasteiger partial charge in [0.2, 0.25) is 0 Å². The number of rotatable bonds is 5. The topological polar surface area (TPSA) is 85.3 Å². The first-order valence-corrected chi connectivity index (χ1v) is 10.2. The maximum absolute atomic E-state index is 12.8. The van der Waals surface area contributed by atoms with E-state index in [1.54, 1.807) is 0 Å². The number of fused-ring (bicyclic) bond motifs is 3. The molecule has 5 rings (SSSR count). The van der Waals surface area contributed by atoms with Crippen LogP contribution in [0.25, 0.3) is 11.1 Å². The van der Waals surface area contributed by atoms with Gasteiger partial charge < -0.3 is 19.3 Å². The molecule has 7 heteroatoms. The van der Waals surface area contributed by atoms with Gasteiger partial charge in [-0.05, 0) is 22.3 Å². The van der Waals surface area contributed by atoms with E-state index in [0.717, 1.165) is 28.7 Å². The Balaban J connectivity index is 1.29. The zero-order valence-electron chi connectivity index (χ0n) is 16.4. The molecule has 0 radical (unpaired) electrons. The molecule has 156 valence electrons. The van der Waals surface area contributed by atoms with Crippen molar-refractivity contribution >= 4 is 12.1 Å². The van der Waals surface area contributed by atoms with Crippen LogP contribution < -0.4 is 0 Å². The molecule has 1 aliphatic carbocycles. The molecule has 0 saturated carbocycles. The molecule has 2 saturated heterocycles. The zero-order chi connectivity index (χ0) is 20.7. The van der Waals surface area contributed by atoms with Gasteiger partial charge in [0.1, 0.15) is 12.6 Å². The minimum absolute atomic E-state index is 0.0670. The number of benzene rings is 2. The van der Waals surface area contributed by atoms with E-state index in [0.29, 0.717) is 6.61 Å². The van der Waals surface area contributed by atoms with E-state index in [1.165, 1.54) is 4.90 Å². The third-order valence-corrected chi connectivity index (χ3v) is 6.12. The highest BCUT2D eigenvalue weighted by Gasteiger charge is 2.43. The van der Waals surface area contributed by atoms with Crippen LogP contribution in [0.3, 0.4) is 0 Å². The van der Waals surface area contributed by atoms with E-state index in [9.17, 15) is 14.7 Å². The maximum atomic E-state index is 12.8. The van der Waals surface area contributed by atoms with Crippen molar-refractivity contribution < 1.29 is 28.9 Å². The Labute approximate surface area is 174 Å². The van der Waals surface area contributed by atoms with Crippen molar-refractivity contribution in [2.45, 2.75) is 37.2 Å². The summed E-state index contributed by atoms with van der Waals surface area (Å²) in [5.74, 6) is -1.12. The largest absolute Gasteiger partial charge is 0.480 e. The van der Waals surface area contributed by atoms with Crippen LogP contribution >= 0.6 is 0 Å². The van der Waals surface area contributed by atoms with Gasteiger partial charge in [0.25, 0.3) is 0 Å². The smallest absolute Gasteiger partial charge is 0.410 e. The number of hydrogen-bond donors (Lipinski definition) is 1. The number of ether oxygens (including phenoxy) is 3. The van der Waals surface area contributed by atoms with Gasteiger partial charge in [0.05, 0.1) is 19.3 Å². The van der Waals surface area contributed by atoms with Crippen LogP contribution in [-0.2, 0) is 19.0 Å². The minimum atomic E-state index is -1.05. The fourth-order valence-electron chi connectivity index (χ4n) is 4.54. The maximum Gasteiger partial charge on any atom is 0.410 e. The Hall–Kier alpha value is -2.90. The first-order valence-electron chi connectivity index (χ1n) is 10.2. The molecule has 1 N–H and O–H groups in total. The lowest BCUT2D eigenvalue weighted by Gasteiger charge is -2.29. The molecule has 3 atom stereocenters. The molecule has 2 heterocycles. The Morgan fingerprint density at radius 1 is 1.07 bits per heavy atom. The Morgan fingerprint density at radius 3 is 2.27 bits per heavy atom. The molecule has 2 aliphatic heterocycles. The van der Waals surface area contributed by atoms with Crippen molar-refractivity contribution in [1.29, 1.82) is 0 Å². The van der Waals surface area contributed by atoms with Gasteiger partial charge in [-0.3, -0.25) is 4.90 Å². The second-order valence-corrected chi connectivity index (χ2v) is 7.89. The lowest BCUT2D eigenvalue weighted by molar-refractivity contribution is -0.233. The molecular formula is C23H23NO6. The summed E-state index contributed by atoms with van der Waals surface area (Å²) < 4.78 is 16.6. The highest BCUT2D eigenvalue weighted by molar-refractivity contribution is 5.81. The average Bonchev–Trinajstić information content (AvgIpc) is 3.29. The molecule has 2 aromatic rings. The van der Waals surface area contributed by atoms with Crippen molar-refractivity contribution in [3.63, 3.8) is 0 Å². The van der Waals surface area contributed by atoms with Crippen molar-refractivity contribution in [2.24, 2.45) is 0 Å². The third kappa shape index (κ3) is 3.34. The number of amides is 1. The summed E-state index contributed by atoms with van der Waals surface area (Å²) in [6.07, 6.45) is -0.257. The molecule has 1 unspecified atom stereocenters. The van der Waals surface area contributed by atoms with Crippen molar-refractivity contribution in [2.75, 3.05) is 19.8 Å². The number of carbonyl (C=O) groups is 2. The van der Waals surface area contributed by atoms with E-state index in [1.807, 2.05) is 36.4 Å². The summed E-state index contributed by atoms with van der Waals surface area (Å²) in [6, 6.07) is 15.2. The molecule has 7 nitrogen and oxygen atoms in total. The minimum Gasteiger partial charge on any atom is -0.480 e. The van der Waals surface area contributed by atoms with Crippen molar-refractivity contribution in [3.05, 3.63) is 59.7 Å². The summed E-state index contributed by atoms with van der Waals surface area (Å²) in [5, 5.41) is 9.56. The van der Waals surface area contributed by atoms with Gasteiger partial charge in [-0.2, -0.15) is 0 Å². The molecule has 0 bridgehead atoms. The van der Waals surface area contributed by atoms with Crippen molar-refractivity contribution in [3.8, 4) is 11.1 Å². The number of carboxylic acids is 1. The molecule has 2 aromatic carbocycles. The number of aliphatic carboxylic acids is 1. The fraction of sp³-hybridized carbons (Fsp3) is 0.391. The SMILES string of the molecule is O=C(O)[C@@H]1C[C@@H](OC2CCO2)CN1C(=O)OCC1c2ccccc2-c2ccccc21. The Bertz CT molecular complexity index is 926. The fourth-order valence-corrected chi connectivity index (χ4v) is 4.54. The van der Waals surface area contributed by atoms with Crippen LogP contribution in [0.15, 0.2) is 48.5 Å². The van der Waals surface area contributed by atoms with E-state index < -0.39 is 18.1 Å². The predicted octanol–water partition coefficient (Wildman–Crippen LogP) is 3.23. The summed E-state index contributed by atoms with van der Waals surface area (Å²) in [6.45, 7) is 0.996. The Morgan fingerprint density at radius 2 is 1.70 bits per heavy atom. The molecular weight excluding hydrogens is 386 g/mol. The lowest BCUT2D eigenvalue weighted by Crippen LogP contribution is -2.41. The third-order valence-electron chi connectivity index (χ3n) is 6.12. The first kappa shape index (κ1) is 19.1. The van der Waals surface area contributed by atoms with Crippen LogP contribution in [0.5, 0.6) is 0 Å². The van der Waals surface area contributed by atoms with Gasteiger partial charge in [-0.15, -0.1) is 0 Å². The van der Waals surface area contributed by atoms with Crippen LogP contribution in [0.1, 0.15) is 29.9 Å². The zero-order valence-corrected chi connectivity index (χ0v) is 16.4. The summed E-state index contributed by atoms with van der Waals surface area (Å²) >= 11 is 0. The van der Waals surface area contributed by atoms with Gasteiger partial charge in [-0.1, -0.05) is 48.5 Å². The van der Waals surface area contributed by atoms with E-state index in [2.05, 4.69) is 12.1 Å². The molecule has 3 aliphatic rings. The number of carboxylic acid groups (broad SMARTS) is 1. The van der Waals surface area contributed by atoms with Gasteiger partial charge in [-0.25, -0.2) is 9.59 Å².